The normalized spacial score (nSPS) is 9.86. The van der Waals surface area contributed by atoms with Crippen LogP contribution in [-0.2, 0) is 4.79 Å². The number of nitrogens with zero attached hydrogens (tertiary/aromatic N) is 1. The van der Waals surface area contributed by atoms with Crippen LogP contribution in [0.1, 0.15) is 30.3 Å². The van der Waals surface area contributed by atoms with Crippen LogP contribution >= 0.6 is 0 Å². The van der Waals surface area contributed by atoms with Crippen molar-refractivity contribution in [2.75, 3.05) is 0 Å². The molecular formula is C10H10FNO2. The summed E-state index contributed by atoms with van der Waals surface area (Å²) in [5.74, 6) is -0.999. The van der Waals surface area contributed by atoms with E-state index in [2.05, 4.69) is 4.98 Å². The van der Waals surface area contributed by atoms with E-state index in [1.54, 1.807) is 6.92 Å². The Morgan fingerprint density at radius 3 is 2.64 bits per heavy atom. The first-order valence-electron chi connectivity index (χ1n) is 4.30. The number of carbonyl (C=O) groups is 2. The Balaban J connectivity index is 2.70. The summed E-state index contributed by atoms with van der Waals surface area (Å²) in [6.07, 6.45) is 1.13. The first kappa shape index (κ1) is 10.5. The standard InChI is InChI=1S/C10H10FNO2/c1-2-8(13)5-10(14)9-4-3-7(11)6-12-9/h3-4,6H,2,5H2,1H3. The fourth-order valence-electron chi connectivity index (χ4n) is 0.935. The molecule has 0 aromatic carbocycles. The zero-order chi connectivity index (χ0) is 10.6. The number of rotatable bonds is 4. The van der Waals surface area contributed by atoms with Gasteiger partial charge in [0, 0.05) is 6.42 Å². The van der Waals surface area contributed by atoms with Gasteiger partial charge in [-0.25, -0.2) is 4.39 Å². The van der Waals surface area contributed by atoms with Crippen LogP contribution in [-0.4, -0.2) is 16.6 Å². The Kier molecular flexibility index (Phi) is 3.45. The van der Waals surface area contributed by atoms with E-state index in [0.717, 1.165) is 12.3 Å². The van der Waals surface area contributed by atoms with Gasteiger partial charge in [0.2, 0.25) is 0 Å². The summed E-state index contributed by atoms with van der Waals surface area (Å²) in [6.45, 7) is 1.69. The van der Waals surface area contributed by atoms with Crippen molar-refractivity contribution in [3.8, 4) is 0 Å². The van der Waals surface area contributed by atoms with E-state index in [0.29, 0.717) is 6.42 Å². The molecule has 1 aromatic heterocycles. The van der Waals surface area contributed by atoms with Crippen LogP contribution in [0.5, 0.6) is 0 Å². The number of hydrogen-bond acceptors (Lipinski definition) is 3. The van der Waals surface area contributed by atoms with Crippen LogP contribution in [0.3, 0.4) is 0 Å². The molecule has 0 saturated heterocycles. The molecule has 4 heteroatoms. The smallest absolute Gasteiger partial charge is 0.188 e. The molecule has 1 aromatic rings. The molecule has 0 bridgehead atoms. The van der Waals surface area contributed by atoms with Gasteiger partial charge in [0.25, 0.3) is 0 Å². The molecule has 0 fully saturated rings. The number of halogens is 1. The lowest BCUT2D eigenvalue weighted by Gasteiger charge is -1.97. The van der Waals surface area contributed by atoms with E-state index < -0.39 is 5.82 Å². The highest BCUT2D eigenvalue weighted by atomic mass is 19.1. The highest BCUT2D eigenvalue weighted by Gasteiger charge is 2.11. The summed E-state index contributed by atoms with van der Waals surface area (Å²) >= 11 is 0. The maximum absolute atomic E-state index is 12.4. The van der Waals surface area contributed by atoms with Crippen molar-refractivity contribution in [3.05, 3.63) is 29.8 Å². The highest BCUT2D eigenvalue weighted by molar-refractivity contribution is 6.06. The largest absolute Gasteiger partial charge is 0.299 e. The van der Waals surface area contributed by atoms with Gasteiger partial charge in [0.15, 0.2) is 5.78 Å². The van der Waals surface area contributed by atoms with E-state index in [9.17, 15) is 14.0 Å². The monoisotopic (exact) mass is 195 g/mol. The first-order chi connectivity index (χ1) is 6.63. The highest BCUT2D eigenvalue weighted by Crippen LogP contribution is 2.03. The zero-order valence-electron chi connectivity index (χ0n) is 7.79. The Bertz CT molecular complexity index is 346. The molecule has 1 heterocycles. The maximum Gasteiger partial charge on any atom is 0.188 e. The van der Waals surface area contributed by atoms with Crippen LogP contribution in [0, 0.1) is 5.82 Å². The minimum Gasteiger partial charge on any atom is -0.299 e. The third-order valence-corrected chi connectivity index (χ3v) is 1.77. The lowest BCUT2D eigenvalue weighted by molar-refractivity contribution is -0.117. The molecule has 0 N–H and O–H groups in total. The summed E-state index contributed by atoms with van der Waals surface area (Å²) in [4.78, 5) is 25.8. The second-order valence-electron chi connectivity index (χ2n) is 2.85. The predicted octanol–water partition coefficient (Wildman–Crippen LogP) is 1.77. The van der Waals surface area contributed by atoms with Crippen LogP contribution in [0.4, 0.5) is 4.39 Å². The summed E-state index contributed by atoms with van der Waals surface area (Å²) in [5, 5.41) is 0. The Hall–Kier alpha value is -1.58. The van der Waals surface area contributed by atoms with Gasteiger partial charge >= 0.3 is 0 Å². The topological polar surface area (TPSA) is 47.0 Å². The van der Waals surface area contributed by atoms with Gasteiger partial charge in [0.05, 0.1) is 12.6 Å². The molecule has 0 unspecified atom stereocenters. The molecule has 0 aliphatic rings. The van der Waals surface area contributed by atoms with Gasteiger partial charge in [-0.15, -0.1) is 0 Å². The minimum atomic E-state index is -0.497. The number of hydrogen-bond donors (Lipinski definition) is 0. The summed E-state index contributed by atoms with van der Waals surface area (Å²) in [7, 11) is 0. The number of Topliss-reactive ketones (excluding diaryl/α,β-unsaturated/α-hetero) is 2. The third kappa shape index (κ3) is 2.73. The van der Waals surface area contributed by atoms with Crippen LogP contribution in [0.15, 0.2) is 18.3 Å². The molecule has 0 saturated carbocycles. The zero-order valence-corrected chi connectivity index (χ0v) is 7.79. The summed E-state index contributed by atoms with van der Waals surface area (Å²) < 4.78 is 12.4. The molecule has 3 nitrogen and oxygen atoms in total. The van der Waals surface area contributed by atoms with Gasteiger partial charge in [0.1, 0.15) is 17.3 Å². The van der Waals surface area contributed by atoms with Crippen molar-refractivity contribution in [2.45, 2.75) is 19.8 Å². The number of ketones is 2. The summed E-state index contributed by atoms with van der Waals surface area (Å²) in [5.41, 5.74) is 0.133. The average molecular weight is 195 g/mol. The van der Waals surface area contributed by atoms with Gasteiger partial charge in [-0.2, -0.15) is 0 Å². The summed E-state index contributed by atoms with van der Waals surface area (Å²) in [6, 6.07) is 2.43. The molecule has 74 valence electrons. The molecule has 0 aliphatic carbocycles. The fraction of sp³-hybridized carbons (Fsp3) is 0.300. The van der Waals surface area contributed by atoms with Gasteiger partial charge in [-0.1, -0.05) is 6.92 Å². The molecule has 1 rings (SSSR count). The molecule has 0 amide bonds. The maximum atomic E-state index is 12.4. The van der Waals surface area contributed by atoms with Crippen molar-refractivity contribution in [1.29, 1.82) is 0 Å². The molecule has 14 heavy (non-hydrogen) atoms. The second-order valence-corrected chi connectivity index (χ2v) is 2.85. The van der Waals surface area contributed by atoms with Crippen molar-refractivity contribution in [3.63, 3.8) is 0 Å². The Morgan fingerprint density at radius 1 is 1.43 bits per heavy atom. The molecular weight excluding hydrogens is 185 g/mol. The van der Waals surface area contributed by atoms with Crippen LogP contribution in [0.25, 0.3) is 0 Å². The van der Waals surface area contributed by atoms with E-state index in [4.69, 9.17) is 0 Å². The lowest BCUT2D eigenvalue weighted by atomic mass is 10.1. The lowest BCUT2D eigenvalue weighted by Crippen LogP contribution is -2.08. The quantitative estimate of drug-likeness (QED) is 0.543. The van der Waals surface area contributed by atoms with E-state index in [1.165, 1.54) is 6.07 Å². The third-order valence-electron chi connectivity index (χ3n) is 1.77. The Morgan fingerprint density at radius 2 is 2.14 bits per heavy atom. The van der Waals surface area contributed by atoms with Crippen LogP contribution < -0.4 is 0 Å². The van der Waals surface area contributed by atoms with Gasteiger partial charge in [-0.3, -0.25) is 14.6 Å². The van der Waals surface area contributed by atoms with Crippen molar-refractivity contribution in [2.24, 2.45) is 0 Å². The van der Waals surface area contributed by atoms with E-state index >= 15 is 0 Å². The average Bonchev–Trinajstić information content (AvgIpc) is 2.18. The molecule has 0 atom stereocenters. The Labute approximate surface area is 81.0 Å². The molecule has 0 spiro atoms. The van der Waals surface area contributed by atoms with Gasteiger partial charge < -0.3 is 0 Å². The number of aromatic nitrogens is 1. The number of carbonyl (C=O) groups excluding carboxylic acids is 2. The van der Waals surface area contributed by atoms with Crippen molar-refractivity contribution in [1.82, 2.24) is 4.98 Å². The number of pyridine rings is 1. The fourth-order valence-corrected chi connectivity index (χ4v) is 0.935. The van der Waals surface area contributed by atoms with Crippen molar-refractivity contribution < 1.29 is 14.0 Å². The van der Waals surface area contributed by atoms with E-state index in [-0.39, 0.29) is 23.7 Å². The first-order valence-corrected chi connectivity index (χ1v) is 4.30. The second kappa shape index (κ2) is 4.60. The minimum absolute atomic E-state index is 0.133. The van der Waals surface area contributed by atoms with E-state index in [1.807, 2.05) is 0 Å². The molecule has 0 aliphatic heterocycles. The SMILES string of the molecule is CCC(=O)CC(=O)c1ccc(F)cn1. The van der Waals surface area contributed by atoms with Gasteiger partial charge in [-0.05, 0) is 12.1 Å². The van der Waals surface area contributed by atoms with Crippen LogP contribution in [0.2, 0.25) is 0 Å². The molecule has 0 radical (unpaired) electrons. The van der Waals surface area contributed by atoms with Crippen molar-refractivity contribution >= 4 is 11.6 Å². The predicted molar refractivity (Wildman–Crippen MR) is 48.4 cm³/mol.